The zero-order chi connectivity index (χ0) is 13.1. The highest BCUT2D eigenvalue weighted by molar-refractivity contribution is 5.96. The molecule has 1 aromatic heterocycles. The van der Waals surface area contributed by atoms with E-state index in [0.717, 1.165) is 16.5 Å². The second-order valence-electron chi connectivity index (χ2n) is 4.02. The van der Waals surface area contributed by atoms with Crippen molar-refractivity contribution in [1.29, 1.82) is 0 Å². The van der Waals surface area contributed by atoms with Gasteiger partial charge in [-0.3, -0.25) is 10.1 Å². The van der Waals surface area contributed by atoms with Crippen LogP contribution in [-0.4, -0.2) is 23.0 Å². The van der Waals surface area contributed by atoms with Gasteiger partial charge in [0, 0.05) is 17.1 Å². The molecule has 6 heteroatoms. The van der Waals surface area contributed by atoms with Crippen LogP contribution in [0, 0.1) is 0 Å². The van der Waals surface area contributed by atoms with Crippen molar-refractivity contribution in [3.05, 3.63) is 36.0 Å². The standard InChI is InChI=1S/C12H14N4O2/c13-9(11(17)16-12(14)18)5-7-6-15-10-4-2-1-3-8(7)10/h1-4,6,9,15H,5,13H2,(H3,14,16,17,18)/t9-/m0/s1. The summed E-state index contributed by atoms with van der Waals surface area (Å²) in [6.07, 6.45) is 2.14. The molecule has 18 heavy (non-hydrogen) atoms. The van der Waals surface area contributed by atoms with Crippen LogP contribution in [0.3, 0.4) is 0 Å². The van der Waals surface area contributed by atoms with Crippen molar-refractivity contribution in [2.24, 2.45) is 11.5 Å². The van der Waals surface area contributed by atoms with Gasteiger partial charge in [-0.25, -0.2) is 4.79 Å². The van der Waals surface area contributed by atoms with Gasteiger partial charge in [-0.05, 0) is 18.1 Å². The molecule has 0 fully saturated rings. The summed E-state index contributed by atoms with van der Waals surface area (Å²) in [5.74, 6) is -0.576. The summed E-state index contributed by atoms with van der Waals surface area (Å²) in [5.41, 5.74) is 12.5. The summed E-state index contributed by atoms with van der Waals surface area (Å²) in [6, 6.07) is 6.01. The van der Waals surface area contributed by atoms with Crippen LogP contribution in [0.15, 0.2) is 30.5 Å². The molecule has 0 aliphatic carbocycles. The number of nitrogens with one attached hydrogen (secondary N) is 2. The Balaban J connectivity index is 2.14. The Kier molecular flexibility index (Phi) is 3.29. The topological polar surface area (TPSA) is 114 Å². The van der Waals surface area contributed by atoms with Gasteiger partial charge in [-0.1, -0.05) is 18.2 Å². The minimum absolute atomic E-state index is 0.336. The Bertz CT molecular complexity index is 591. The number of hydrogen-bond donors (Lipinski definition) is 4. The van der Waals surface area contributed by atoms with E-state index in [0.29, 0.717) is 6.42 Å². The van der Waals surface area contributed by atoms with Gasteiger partial charge < -0.3 is 16.5 Å². The highest BCUT2D eigenvalue weighted by Crippen LogP contribution is 2.18. The summed E-state index contributed by atoms with van der Waals surface area (Å²) in [6.45, 7) is 0. The SMILES string of the molecule is NC(=O)NC(=O)[C@@H](N)Cc1c[nH]c2ccccc12. The predicted octanol–water partition coefficient (Wildman–Crippen LogP) is 0.233. The molecule has 2 rings (SSSR count). The molecule has 0 aliphatic rings. The van der Waals surface area contributed by atoms with Gasteiger partial charge in [0.2, 0.25) is 5.91 Å². The number of primary amides is 1. The number of imide groups is 1. The molecule has 0 unspecified atom stereocenters. The third kappa shape index (κ3) is 2.49. The predicted molar refractivity (Wildman–Crippen MR) is 67.7 cm³/mol. The fourth-order valence-corrected chi connectivity index (χ4v) is 1.84. The normalized spacial score (nSPS) is 12.3. The lowest BCUT2D eigenvalue weighted by Crippen LogP contribution is -2.46. The van der Waals surface area contributed by atoms with E-state index >= 15 is 0 Å². The average molecular weight is 246 g/mol. The summed E-state index contributed by atoms with van der Waals surface area (Å²) in [5, 5.41) is 2.98. The van der Waals surface area contributed by atoms with E-state index in [1.165, 1.54) is 0 Å². The molecule has 0 spiro atoms. The van der Waals surface area contributed by atoms with Gasteiger partial charge in [0.25, 0.3) is 0 Å². The lowest BCUT2D eigenvalue weighted by atomic mass is 10.1. The first-order valence-corrected chi connectivity index (χ1v) is 5.49. The van der Waals surface area contributed by atoms with Gasteiger partial charge in [0.15, 0.2) is 0 Å². The Morgan fingerprint density at radius 2 is 2.06 bits per heavy atom. The Morgan fingerprint density at radius 3 is 2.78 bits per heavy atom. The molecule has 0 radical (unpaired) electrons. The molecule has 0 aliphatic heterocycles. The van der Waals surface area contributed by atoms with Crippen LogP contribution >= 0.6 is 0 Å². The molecule has 0 bridgehead atoms. The maximum absolute atomic E-state index is 11.5. The monoisotopic (exact) mass is 246 g/mol. The van der Waals surface area contributed by atoms with Gasteiger partial charge in [0.1, 0.15) is 0 Å². The smallest absolute Gasteiger partial charge is 0.318 e. The van der Waals surface area contributed by atoms with Crippen molar-refractivity contribution in [2.45, 2.75) is 12.5 Å². The zero-order valence-electron chi connectivity index (χ0n) is 9.64. The number of aromatic nitrogens is 1. The maximum Gasteiger partial charge on any atom is 0.318 e. The van der Waals surface area contributed by atoms with Crippen LogP contribution in [0.2, 0.25) is 0 Å². The first-order chi connectivity index (χ1) is 8.58. The second-order valence-corrected chi connectivity index (χ2v) is 4.02. The van der Waals surface area contributed by atoms with Crippen molar-refractivity contribution in [2.75, 3.05) is 0 Å². The summed E-state index contributed by atoms with van der Waals surface area (Å²) < 4.78 is 0. The third-order valence-corrected chi connectivity index (χ3v) is 2.70. The quantitative estimate of drug-likeness (QED) is 0.621. The first-order valence-electron chi connectivity index (χ1n) is 5.49. The molecule has 1 atom stereocenters. The average Bonchev–Trinajstić information content (AvgIpc) is 2.72. The number of nitrogens with two attached hydrogens (primary N) is 2. The lowest BCUT2D eigenvalue weighted by Gasteiger charge is -2.09. The molecule has 0 saturated heterocycles. The van der Waals surface area contributed by atoms with Gasteiger partial charge in [-0.2, -0.15) is 0 Å². The lowest BCUT2D eigenvalue weighted by molar-refractivity contribution is -0.121. The van der Waals surface area contributed by atoms with Gasteiger partial charge in [0.05, 0.1) is 6.04 Å². The zero-order valence-corrected chi connectivity index (χ0v) is 9.64. The van der Waals surface area contributed by atoms with Crippen LogP contribution in [0.25, 0.3) is 10.9 Å². The summed E-state index contributed by atoms with van der Waals surface area (Å²) in [7, 11) is 0. The fraction of sp³-hybridized carbons (Fsp3) is 0.167. The summed E-state index contributed by atoms with van der Waals surface area (Å²) in [4.78, 5) is 25.1. The molecule has 6 N–H and O–H groups in total. The number of benzene rings is 1. The third-order valence-electron chi connectivity index (χ3n) is 2.70. The largest absolute Gasteiger partial charge is 0.361 e. The molecular formula is C12H14N4O2. The molecular weight excluding hydrogens is 232 g/mol. The van der Waals surface area contributed by atoms with Crippen molar-refractivity contribution >= 4 is 22.8 Å². The van der Waals surface area contributed by atoms with E-state index in [9.17, 15) is 9.59 Å². The number of para-hydroxylation sites is 1. The van der Waals surface area contributed by atoms with E-state index in [1.807, 2.05) is 35.8 Å². The number of H-pyrrole nitrogens is 1. The number of rotatable bonds is 3. The van der Waals surface area contributed by atoms with E-state index in [1.54, 1.807) is 0 Å². The second kappa shape index (κ2) is 4.89. The molecule has 2 aromatic rings. The number of hydrogen-bond acceptors (Lipinski definition) is 3. The molecule has 1 aromatic carbocycles. The molecule has 6 nitrogen and oxygen atoms in total. The number of carbonyl (C=O) groups is 2. The minimum atomic E-state index is -0.894. The number of fused-ring (bicyclic) bond motifs is 1. The molecule has 94 valence electrons. The number of aromatic amines is 1. The minimum Gasteiger partial charge on any atom is -0.361 e. The van der Waals surface area contributed by atoms with Crippen molar-refractivity contribution in [3.8, 4) is 0 Å². The van der Waals surface area contributed by atoms with Crippen molar-refractivity contribution in [1.82, 2.24) is 10.3 Å². The number of amides is 3. The van der Waals surface area contributed by atoms with E-state index in [2.05, 4.69) is 4.98 Å². The van der Waals surface area contributed by atoms with Crippen LogP contribution in [0.4, 0.5) is 4.79 Å². The van der Waals surface area contributed by atoms with E-state index in [4.69, 9.17) is 11.5 Å². The Hall–Kier alpha value is -2.34. The number of carbonyl (C=O) groups excluding carboxylic acids is 2. The first kappa shape index (κ1) is 12.1. The van der Waals surface area contributed by atoms with E-state index < -0.39 is 18.0 Å². The number of urea groups is 1. The molecule has 0 saturated carbocycles. The fourth-order valence-electron chi connectivity index (χ4n) is 1.84. The Labute approximate surface area is 103 Å². The molecule has 1 heterocycles. The van der Waals surface area contributed by atoms with Gasteiger partial charge >= 0.3 is 6.03 Å². The highest BCUT2D eigenvalue weighted by Gasteiger charge is 2.17. The van der Waals surface area contributed by atoms with Crippen LogP contribution in [0.1, 0.15) is 5.56 Å². The maximum atomic E-state index is 11.5. The summed E-state index contributed by atoms with van der Waals surface area (Å²) >= 11 is 0. The van der Waals surface area contributed by atoms with Crippen LogP contribution < -0.4 is 16.8 Å². The highest BCUT2D eigenvalue weighted by atomic mass is 16.2. The molecule has 3 amide bonds. The van der Waals surface area contributed by atoms with Crippen molar-refractivity contribution in [3.63, 3.8) is 0 Å². The Morgan fingerprint density at radius 1 is 1.33 bits per heavy atom. The van der Waals surface area contributed by atoms with Gasteiger partial charge in [-0.15, -0.1) is 0 Å². The van der Waals surface area contributed by atoms with Crippen molar-refractivity contribution < 1.29 is 9.59 Å². The van der Waals surface area contributed by atoms with Crippen LogP contribution in [-0.2, 0) is 11.2 Å². The van der Waals surface area contributed by atoms with E-state index in [-0.39, 0.29) is 0 Å². The van der Waals surface area contributed by atoms with Crippen LogP contribution in [0.5, 0.6) is 0 Å².